The molecule has 1 saturated heterocycles. The Kier molecular flexibility index (Phi) is 51.1. The van der Waals surface area contributed by atoms with Crippen molar-refractivity contribution in [2.24, 2.45) is 0 Å². The van der Waals surface area contributed by atoms with Crippen molar-refractivity contribution in [3.8, 4) is 0 Å². The van der Waals surface area contributed by atoms with Gasteiger partial charge in [-0.3, -0.25) is 14.4 Å². The second-order valence-corrected chi connectivity index (χ2v) is 22.0. The maximum Gasteiger partial charge on any atom is 0.335 e. The highest BCUT2D eigenvalue weighted by molar-refractivity contribution is 5.74. The van der Waals surface area contributed by atoms with E-state index in [2.05, 4.69) is 81.5 Å². The number of carbonyl (C=O) groups excluding carboxylic acids is 3. The summed E-state index contributed by atoms with van der Waals surface area (Å²) in [4.78, 5) is 51.3. The number of ether oxygens (including phenoxy) is 5. The zero-order chi connectivity index (χ0) is 57.5. The Morgan fingerprint density at radius 1 is 0.418 bits per heavy atom. The van der Waals surface area contributed by atoms with Gasteiger partial charge in [0.1, 0.15) is 18.8 Å². The molecule has 456 valence electrons. The molecule has 0 aliphatic carbocycles. The van der Waals surface area contributed by atoms with Crippen LogP contribution in [0.15, 0.2) is 60.8 Å². The van der Waals surface area contributed by atoms with Crippen molar-refractivity contribution in [1.82, 2.24) is 0 Å². The molecule has 0 aromatic heterocycles. The van der Waals surface area contributed by atoms with Crippen LogP contribution in [0.1, 0.15) is 290 Å². The predicted octanol–water partition coefficient (Wildman–Crippen LogP) is 17.1. The fraction of sp³-hybridized carbons (Fsp3) is 0.791. The molecular formula is C67H116O12. The molecule has 0 amide bonds. The van der Waals surface area contributed by atoms with Crippen LogP contribution in [-0.2, 0) is 42.9 Å². The third-order valence-electron chi connectivity index (χ3n) is 14.5. The lowest BCUT2D eigenvalue weighted by molar-refractivity contribution is -0.301. The van der Waals surface area contributed by atoms with Gasteiger partial charge in [0.05, 0.1) is 6.61 Å². The standard InChI is InChI=1S/C67H116O12/c1-4-7-10-13-16-19-22-25-27-29-30-32-34-37-40-43-46-49-52-55-61(70)78-65-63(72)62(71)64(66(73)74)79-67(65)76-57-58(77-60(69)54-51-48-45-42-39-35-24-21-18-15-12-9-6-3)56-75-59(68)53-50-47-44-41-38-36-33-31-28-26-23-20-17-14-11-8-5-2/h12,15-16,19,21,24-25,27,30,32,58,62-65,67,71-72H,4-11,13-14,17-18,20,22-23,26,28-29,31,33-57H2,1-3H3,(H,73,74)/b15-12-,19-16-,24-21-,27-25-,32-30-. The number of rotatable bonds is 55. The largest absolute Gasteiger partial charge is 0.479 e. The Balaban J connectivity index is 2.65. The van der Waals surface area contributed by atoms with Crippen molar-refractivity contribution in [2.45, 2.75) is 327 Å². The number of aliphatic hydroxyl groups excluding tert-OH is 2. The van der Waals surface area contributed by atoms with Crippen LogP contribution in [0.2, 0.25) is 0 Å². The van der Waals surface area contributed by atoms with Crippen LogP contribution in [0.3, 0.4) is 0 Å². The van der Waals surface area contributed by atoms with E-state index in [1.165, 1.54) is 109 Å². The summed E-state index contributed by atoms with van der Waals surface area (Å²) in [5.74, 6) is -3.14. The molecule has 0 aromatic rings. The molecule has 6 unspecified atom stereocenters. The Morgan fingerprint density at radius 2 is 0.785 bits per heavy atom. The minimum atomic E-state index is -1.91. The molecule has 0 saturated carbocycles. The van der Waals surface area contributed by atoms with Gasteiger partial charge in [0, 0.05) is 19.3 Å². The van der Waals surface area contributed by atoms with Crippen molar-refractivity contribution in [2.75, 3.05) is 13.2 Å². The van der Waals surface area contributed by atoms with Gasteiger partial charge in [0.25, 0.3) is 0 Å². The predicted molar refractivity (Wildman–Crippen MR) is 322 cm³/mol. The van der Waals surface area contributed by atoms with Crippen molar-refractivity contribution in [3.05, 3.63) is 60.8 Å². The number of carbonyl (C=O) groups is 4. The maximum atomic E-state index is 13.2. The molecule has 1 aliphatic heterocycles. The van der Waals surface area contributed by atoms with E-state index < -0.39 is 67.3 Å². The molecule has 1 fully saturated rings. The molecule has 12 heteroatoms. The minimum Gasteiger partial charge on any atom is -0.479 e. The highest BCUT2D eigenvalue weighted by Gasteiger charge is 2.50. The Morgan fingerprint density at radius 3 is 1.23 bits per heavy atom. The maximum absolute atomic E-state index is 13.2. The molecule has 0 aromatic carbocycles. The van der Waals surface area contributed by atoms with Crippen molar-refractivity contribution in [1.29, 1.82) is 0 Å². The van der Waals surface area contributed by atoms with Crippen LogP contribution < -0.4 is 0 Å². The van der Waals surface area contributed by atoms with E-state index in [1.807, 2.05) is 0 Å². The molecule has 1 aliphatic rings. The molecule has 1 rings (SSSR count). The number of esters is 3. The second-order valence-electron chi connectivity index (χ2n) is 22.0. The summed E-state index contributed by atoms with van der Waals surface area (Å²) in [7, 11) is 0. The van der Waals surface area contributed by atoms with Gasteiger partial charge in [0.15, 0.2) is 24.6 Å². The molecule has 12 nitrogen and oxygen atoms in total. The third kappa shape index (κ3) is 44.7. The average Bonchev–Trinajstić information content (AvgIpc) is 3.43. The van der Waals surface area contributed by atoms with Gasteiger partial charge in [-0.1, -0.05) is 248 Å². The van der Waals surface area contributed by atoms with E-state index in [0.29, 0.717) is 19.3 Å². The monoisotopic (exact) mass is 1110 g/mol. The number of allylic oxidation sites excluding steroid dienone is 10. The van der Waals surface area contributed by atoms with Gasteiger partial charge in [-0.2, -0.15) is 0 Å². The lowest BCUT2D eigenvalue weighted by Gasteiger charge is -2.40. The Hall–Kier alpha value is -3.58. The topological polar surface area (TPSA) is 175 Å². The number of hydrogen-bond acceptors (Lipinski definition) is 11. The van der Waals surface area contributed by atoms with Gasteiger partial charge in [-0.25, -0.2) is 4.79 Å². The van der Waals surface area contributed by atoms with Crippen molar-refractivity contribution in [3.63, 3.8) is 0 Å². The van der Waals surface area contributed by atoms with E-state index in [-0.39, 0.29) is 25.9 Å². The van der Waals surface area contributed by atoms with Gasteiger partial charge < -0.3 is 39.0 Å². The first kappa shape index (κ1) is 73.4. The van der Waals surface area contributed by atoms with Crippen LogP contribution in [0.25, 0.3) is 0 Å². The third-order valence-corrected chi connectivity index (χ3v) is 14.5. The summed E-state index contributed by atoms with van der Waals surface area (Å²) in [6.07, 6.45) is 56.1. The van der Waals surface area contributed by atoms with Gasteiger partial charge >= 0.3 is 23.9 Å². The molecule has 0 spiro atoms. The summed E-state index contributed by atoms with van der Waals surface area (Å²) >= 11 is 0. The first-order valence-electron chi connectivity index (χ1n) is 32.3. The number of hydrogen-bond donors (Lipinski definition) is 3. The molecule has 79 heavy (non-hydrogen) atoms. The smallest absolute Gasteiger partial charge is 0.335 e. The highest BCUT2D eigenvalue weighted by atomic mass is 16.7. The number of unbranched alkanes of at least 4 members (excludes halogenated alkanes) is 31. The van der Waals surface area contributed by atoms with E-state index in [9.17, 15) is 34.5 Å². The molecule has 0 radical (unpaired) electrons. The van der Waals surface area contributed by atoms with Crippen LogP contribution in [-0.4, -0.2) is 89.2 Å². The van der Waals surface area contributed by atoms with Crippen LogP contribution >= 0.6 is 0 Å². The first-order valence-corrected chi connectivity index (χ1v) is 32.3. The second kappa shape index (κ2) is 55.0. The quantitative estimate of drug-likeness (QED) is 0.0228. The van der Waals surface area contributed by atoms with Crippen LogP contribution in [0.5, 0.6) is 0 Å². The zero-order valence-electron chi connectivity index (χ0n) is 50.4. The number of carboxylic acids is 1. The van der Waals surface area contributed by atoms with E-state index in [4.69, 9.17) is 23.7 Å². The Labute approximate surface area is 481 Å². The van der Waals surface area contributed by atoms with Gasteiger partial charge in [-0.05, 0) is 83.5 Å². The summed E-state index contributed by atoms with van der Waals surface area (Å²) < 4.78 is 28.5. The number of carboxylic acid groups (broad SMARTS) is 1. The fourth-order valence-corrected chi connectivity index (χ4v) is 9.59. The minimum absolute atomic E-state index is 0.0446. The Bertz CT molecular complexity index is 1600. The van der Waals surface area contributed by atoms with Crippen molar-refractivity contribution >= 4 is 23.9 Å². The zero-order valence-corrected chi connectivity index (χ0v) is 50.4. The molecule has 1 heterocycles. The summed E-state index contributed by atoms with van der Waals surface area (Å²) in [5.41, 5.74) is 0. The van der Waals surface area contributed by atoms with E-state index >= 15 is 0 Å². The van der Waals surface area contributed by atoms with Crippen molar-refractivity contribution < 1.29 is 58.2 Å². The molecule has 0 bridgehead atoms. The fourth-order valence-electron chi connectivity index (χ4n) is 9.59. The SMILES string of the molecule is CCC/C=C\C/C=C\CCCCCCCC(=O)OC(COC(=O)CCCCCCCCCCCCCCCCCCC)COC1OC(C(=O)O)C(O)C(O)C1OC(=O)CCCCCCCC/C=C\C/C=C\C/C=C\CCCCC. The lowest BCUT2D eigenvalue weighted by atomic mass is 9.98. The van der Waals surface area contributed by atoms with Crippen LogP contribution in [0, 0.1) is 0 Å². The first-order chi connectivity index (χ1) is 38.6. The number of aliphatic hydroxyl groups is 2. The summed E-state index contributed by atoms with van der Waals surface area (Å²) in [6, 6.07) is 0. The summed E-state index contributed by atoms with van der Waals surface area (Å²) in [5, 5.41) is 31.6. The molecule has 6 atom stereocenters. The molecule has 3 N–H and O–H groups in total. The van der Waals surface area contributed by atoms with E-state index in [1.54, 1.807) is 0 Å². The average molecular weight is 1110 g/mol. The van der Waals surface area contributed by atoms with Gasteiger partial charge in [-0.15, -0.1) is 0 Å². The number of aliphatic carboxylic acids is 1. The highest BCUT2D eigenvalue weighted by Crippen LogP contribution is 2.27. The van der Waals surface area contributed by atoms with E-state index in [0.717, 1.165) is 122 Å². The van der Waals surface area contributed by atoms with Crippen LogP contribution in [0.4, 0.5) is 0 Å². The normalized spacial score (nSPS) is 18.2. The van der Waals surface area contributed by atoms with Gasteiger partial charge in [0.2, 0.25) is 0 Å². The molecular weight excluding hydrogens is 997 g/mol. The summed E-state index contributed by atoms with van der Waals surface area (Å²) in [6.45, 7) is 5.92. The lowest BCUT2D eigenvalue weighted by Crippen LogP contribution is -2.61.